The topological polar surface area (TPSA) is 48.0 Å². The second kappa shape index (κ2) is 8.87. The molecule has 0 amide bonds. The minimum atomic E-state index is -0.0389. The molecule has 1 unspecified atom stereocenters. The quantitative estimate of drug-likeness (QED) is 0.681. The van der Waals surface area contributed by atoms with Gasteiger partial charge in [-0.3, -0.25) is 9.69 Å². The number of hydrogen-bond donors (Lipinski definition) is 0. The molecule has 1 atom stereocenters. The van der Waals surface area contributed by atoms with E-state index in [1.165, 1.54) is 12.8 Å². The summed E-state index contributed by atoms with van der Waals surface area (Å²) in [5.41, 5.74) is 2.98. The number of benzene rings is 2. The van der Waals surface area contributed by atoms with Crippen LogP contribution in [0.4, 0.5) is 0 Å². The monoisotopic (exact) mass is 395 g/mol. The van der Waals surface area contributed by atoms with E-state index in [2.05, 4.69) is 4.90 Å². The molecule has 0 spiro atoms. The summed E-state index contributed by atoms with van der Waals surface area (Å²) in [5.74, 6) is 2.37. The van der Waals surface area contributed by atoms with E-state index in [1.54, 1.807) is 14.2 Å². The second-order valence-corrected chi connectivity index (χ2v) is 7.87. The van der Waals surface area contributed by atoms with Gasteiger partial charge in [0.25, 0.3) is 0 Å². The number of rotatable bonds is 8. The maximum atomic E-state index is 13.0. The minimum Gasteiger partial charge on any atom is -0.497 e. The third-order valence-corrected chi connectivity index (χ3v) is 6.00. The Labute approximate surface area is 172 Å². The molecule has 0 bridgehead atoms. The zero-order valence-electron chi connectivity index (χ0n) is 17.3. The number of methoxy groups -OCH3 is 2. The summed E-state index contributed by atoms with van der Waals surface area (Å²) < 4.78 is 16.8. The number of ketones is 1. The van der Waals surface area contributed by atoms with Crippen LogP contribution in [0.3, 0.4) is 0 Å². The average Bonchev–Trinajstić information content (AvgIpc) is 3.37. The van der Waals surface area contributed by atoms with Crippen LogP contribution in [0.5, 0.6) is 17.2 Å². The van der Waals surface area contributed by atoms with Crippen LogP contribution in [-0.2, 0) is 12.8 Å². The fourth-order valence-electron chi connectivity index (χ4n) is 4.35. The molecule has 29 heavy (non-hydrogen) atoms. The molecule has 5 heteroatoms. The standard InChI is InChI=1S/C24H29NO4/c1-27-20-7-5-17(6-8-20)13-19-14-18-15-22(28-2)23(16-21(18)24(19)26)29-12-11-25-9-3-4-10-25/h5-8,15-16,19H,3-4,9-14H2,1-2H3. The van der Waals surface area contributed by atoms with Crippen LogP contribution in [0.25, 0.3) is 0 Å². The molecular formula is C24H29NO4. The normalized spacial score (nSPS) is 18.7. The number of hydrogen-bond acceptors (Lipinski definition) is 5. The Morgan fingerprint density at radius 2 is 1.76 bits per heavy atom. The first kappa shape index (κ1) is 19.8. The molecule has 2 aliphatic rings. The first-order chi connectivity index (χ1) is 14.2. The smallest absolute Gasteiger partial charge is 0.167 e. The Kier molecular flexibility index (Phi) is 6.05. The van der Waals surface area contributed by atoms with Crippen LogP contribution in [0.15, 0.2) is 36.4 Å². The predicted octanol–water partition coefficient (Wildman–Crippen LogP) is 3.78. The molecule has 1 saturated heterocycles. The summed E-state index contributed by atoms with van der Waals surface area (Å²) in [6.45, 7) is 3.82. The van der Waals surface area contributed by atoms with E-state index >= 15 is 0 Å². The third kappa shape index (κ3) is 4.40. The van der Waals surface area contributed by atoms with Crippen LogP contribution in [-0.4, -0.2) is 51.1 Å². The van der Waals surface area contributed by atoms with Gasteiger partial charge in [0.15, 0.2) is 17.3 Å². The molecule has 1 aliphatic carbocycles. The second-order valence-electron chi connectivity index (χ2n) is 7.87. The van der Waals surface area contributed by atoms with Gasteiger partial charge in [0, 0.05) is 18.0 Å². The van der Waals surface area contributed by atoms with Crippen molar-refractivity contribution in [2.45, 2.75) is 25.7 Å². The van der Waals surface area contributed by atoms with Crippen molar-refractivity contribution in [3.05, 3.63) is 53.1 Å². The molecule has 5 nitrogen and oxygen atoms in total. The van der Waals surface area contributed by atoms with Gasteiger partial charge in [-0.05, 0) is 74.2 Å². The van der Waals surface area contributed by atoms with Gasteiger partial charge in [-0.25, -0.2) is 0 Å². The Morgan fingerprint density at radius 1 is 1.00 bits per heavy atom. The predicted molar refractivity (Wildman–Crippen MR) is 112 cm³/mol. The van der Waals surface area contributed by atoms with E-state index in [0.29, 0.717) is 18.1 Å². The van der Waals surface area contributed by atoms with Gasteiger partial charge >= 0.3 is 0 Å². The number of likely N-dealkylation sites (tertiary alicyclic amines) is 1. The summed E-state index contributed by atoms with van der Waals surface area (Å²) in [7, 11) is 3.31. The van der Waals surface area contributed by atoms with Gasteiger partial charge in [-0.2, -0.15) is 0 Å². The first-order valence-electron chi connectivity index (χ1n) is 10.4. The molecule has 0 saturated carbocycles. The van der Waals surface area contributed by atoms with Crippen molar-refractivity contribution in [1.29, 1.82) is 0 Å². The van der Waals surface area contributed by atoms with Gasteiger partial charge < -0.3 is 14.2 Å². The summed E-state index contributed by atoms with van der Waals surface area (Å²) >= 11 is 0. The minimum absolute atomic E-state index is 0.0389. The van der Waals surface area contributed by atoms with Crippen LogP contribution < -0.4 is 14.2 Å². The number of fused-ring (bicyclic) bond motifs is 1. The number of carbonyl (C=O) groups excluding carboxylic acids is 1. The Hall–Kier alpha value is -2.53. The van der Waals surface area contributed by atoms with Crippen LogP contribution in [0.2, 0.25) is 0 Å². The van der Waals surface area contributed by atoms with E-state index in [1.807, 2.05) is 36.4 Å². The highest BCUT2D eigenvalue weighted by atomic mass is 16.5. The molecule has 0 radical (unpaired) electrons. The van der Waals surface area contributed by atoms with Gasteiger partial charge in [-0.1, -0.05) is 12.1 Å². The number of carbonyl (C=O) groups is 1. The third-order valence-electron chi connectivity index (χ3n) is 6.00. The van der Waals surface area contributed by atoms with Crippen LogP contribution in [0, 0.1) is 5.92 Å². The highest BCUT2D eigenvalue weighted by Crippen LogP contribution is 2.38. The maximum absolute atomic E-state index is 13.0. The molecule has 4 rings (SSSR count). The lowest BCUT2D eigenvalue weighted by molar-refractivity contribution is 0.0936. The van der Waals surface area contributed by atoms with Gasteiger partial charge in [-0.15, -0.1) is 0 Å². The van der Waals surface area contributed by atoms with Crippen molar-refractivity contribution < 1.29 is 19.0 Å². The van der Waals surface area contributed by atoms with Crippen LogP contribution >= 0.6 is 0 Å². The molecule has 0 N–H and O–H groups in total. The molecule has 154 valence electrons. The SMILES string of the molecule is COc1ccc(CC2Cc3cc(OC)c(OCCN4CCCC4)cc3C2=O)cc1. The number of Topliss-reactive ketones (excluding diaryl/α,β-unsaturated/α-hetero) is 1. The van der Waals surface area contributed by atoms with Crippen molar-refractivity contribution in [2.24, 2.45) is 5.92 Å². The van der Waals surface area contributed by atoms with Crippen molar-refractivity contribution in [3.63, 3.8) is 0 Å². The van der Waals surface area contributed by atoms with Gasteiger partial charge in [0.05, 0.1) is 14.2 Å². The van der Waals surface area contributed by atoms with Crippen molar-refractivity contribution in [1.82, 2.24) is 4.90 Å². The number of ether oxygens (including phenoxy) is 3. The van der Waals surface area contributed by atoms with E-state index in [0.717, 1.165) is 54.9 Å². The van der Waals surface area contributed by atoms with E-state index in [-0.39, 0.29) is 11.7 Å². The fraction of sp³-hybridized carbons (Fsp3) is 0.458. The van der Waals surface area contributed by atoms with E-state index in [9.17, 15) is 4.79 Å². The lowest BCUT2D eigenvalue weighted by Crippen LogP contribution is -2.25. The molecule has 1 fully saturated rings. The van der Waals surface area contributed by atoms with Crippen molar-refractivity contribution in [3.8, 4) is 17.2 Å². The molecule has 1 aliphatic heterocycles. The first-order valence-corrected chi connectivity index (χ1v) is 10.4. The molecule has 2 aromatic rings. The highest BCUT2D eigenvalue weighted by molar-refractivity contribution is 6.03. The Morgan fingerprint density at radius 3 is 2.45 bits per heavy atom. The highest BCUT2D eigenvalue weighted by Gasteiger charge is 2.32. The summed E-state index contributed by atoms with van der Waals surface area (Å²) in [6.07, 6.45) is 4.01. The zero-order chi connectivity index (χ0) is 20.2. The Balaban J connectivity index is 1.44. The maximum Gasteiger partial charge on any atom is 0.167 e. The van der Waals surface area contributed by atoms with Gasteiger partial charge in [0.2, 0.25) is 0 Å². The molecular weight excluding hydrogens is 366 g/mol. The van der Waals surface area contributed by atoms with E-state index < -0.39 is 0 Å². The van der Waals surface area contributed by atoms with Crippen molar-refractivity contribution in [2.75, 3.05) is 40.5 Å². The molecule has 1 heterocycles. The summed E-state index contributed by atoms with van der Waals surface area (Å²) in [6, 6.07) is 11.8. The Bertz CT molecular complexity index is 856. The lowest BCUT2D eigenvalue weighted by atomic mass is 9.96. The summed E-state index contributed by atoms with van der Waals surface area (Å²) in [4.78, 5) is 15.4. The number of nitrogens with zero attached hydrogens (tertiary/aromatic N) is 1. The average molecular weight is 395 g/mol. The molecule has 0 aromatic heterocycles. The largest absolute Gasteiger partial charge is 0.497 e. The lowest BCUT2D eigenvalue weighted by Gasteiger charge is -2.16. The van der Waals surface area contributed by atoms with Crippen LogP contribution in [0.1, 0.15) is 34.3 Å². The summed E-state index contributed by atoms with van der Waals surface area (Å²) in [5, 5.41) is 0. The van der Waals surface area contributed by atoms with Crippen molar-refractivity contribution >= 4 is 5.78 Å². The fourth-order valence-corrected chi connectivity index (χ4v) is 4.35. The van der Waals surface area contributed by atoms with E-state index in [4.69, 9.17) is 14.2 Å². The van der Waals surface area contributed by atoms with Gasteiger partial charge in [0.1, 0.15) is 12.4 Å². The molecule has 2 aromatic carbocycles. The zero-order valence-corrected chi connectivity index (χ0v) is 17.3.